The molecule has 1 aliphatic rings. The number of hydrogen-bond acceptors (Lipinski definition) is 6. The highest BCUT2D eigenvalue weighted by Crippen LogP contribution is 2.29. The Labute approximate surface area is 199 Å². The number of benzene rings is 2. The van der Waals surface area contributed by atoms with E-state index in [4.69, 9.17) is 9.47 Å². The van der Waals surface area contributed by atoms with Gasteiger partial charge in [0.25, 0.3) is 0 Å². The number of carbonyl (C=O) groups excluding carboxylic acids is 2. The van der Waals surface area contributed by atoms with Gasteiger partial charge in [0.1, 0.15) is 12.4 Å². The van der Waals surface area contributed by atoms with Crippen LogP contribution in [0.25, 0.3) is 0 Å². The summed E-state index contributed by atoms with van der Waals surface area (Å²) in [6.45, 7) is 3.61. The Morgan fingerprint density at radius 1 is 1.03 bits per heavy atom. The molecule has 1 saturated heterocycles. The molecule has 1 atom stereocenters. The molecule has 0 saturated carbocycles. The molecule has 8 heteroatoms. The lowest BCUT2D eigenvalue weighted by molar-refractivity contribution is 0.0474. The van der Waals surface area contributed by atoms with Crippen molar-refractivity contribution in [3.8, 4) is 5.75 Å². The Bertz CT molecular complexity index is 1310. The van der Waals surface area contributed by atoms with Crippen LogP contribution >= 0.6 is 0 Å². The number of nitrogens with zero attached hydrogens (tertiary/aromatic N) is 1. The highest BCUT2D eigenvalue weighted by atomic mass is 32.2. The summed E-state index contributed by atoms with van der Waals surface area (Å²) in [7, 11) is -3.05. The number of carbonyl (C=O) groups is 2. The van der Waals surface area contributed by atoms with E-state index in [1.807, 2.05) is 41.8 Å². The molecule has 1 aliphatic heterocycles. The number of aryl methyl sites for hydroxylation is 1. The van der Waals surface area contributed by atoms with Crippen molar-refractivity contribution in [2.24, 2.45) is 0 Å². The lowest BCUT2D eigenvalue weighted by Crippen LogP contribution is -2.17. The summed E-state index contributed by atoms with van der Waals surface area (Å²) in [5.74, 6) is -0.183. The van der Waals surface area contributed by atoms with Crippen molar-refractivity contribution in [2.75, 3.05) is 18.1 Å². The van der Waals surface area contributed by atoms with Gasteiger partial charge in [0, 0.05) is 23.0 Å². The fourth-order valence-corrected chi connectivity index (χ4v) is 6.05. The Hall–Kier alpha value is -3.39. The molecule has 178 valence electrons. The average molecular weight is 482 g/mol. The molecule has 3 aromatic rings. The SMILES string of the molecule is Cc1cc(C(=O)COC(=O)c2cccc(OCc3ccccc3)c2)c(C)n1C1CCS(=O)(=O)C1. The number of aromatic nitrogens is 1. The van der Waals surface area contributed by atoms with E-state index in [9.17, 15) is 18.0 Å². The van der Waals surface area contributed by atoms with Crippen LogP contribution in [0, 0.1) is 13.8 Å². The Morgan fingerprint density at radius 2 is 1.79 bits per heavy atom. The molecular formula is C26H27NO6S. The van der Waals surface area contributed by atoms with Gasteiger partial charge < -0.3 is 14.0 Å². The third-order valence-electron chi connectivity index (χ3n) is 6.01. The van der Waals surface area contributed by atoms with Gasteiger partial charge in [-0.2, -0.15) is 0 Å². The summed E-state index contributed by atoms with van der Waals surface area (Å²) in [4.78, 5) is 25.3. The standard InChI is InChI=1S/C26H27NO6S/c1-18-13-24(19(2)27(18)22-11-12-34(30,31)17-22)25(28)16-33-26(29)21-9-6-10-23(14-21)32-15-20-7-4-3-5-8-20/h3-10,13-14,22H,11-12,15-17H2,1-2H3. The normalized spacial score (nSPS) is 16.8. The second kappa shape index (κ2) is 9.85. The highest BCUT2D eigenvalue weighted by molar-refractivity contribution is 7.91. The maximum Gasteiger partial charge on any atom is 0.338 e. The predicted molar refractivity (Wildman–Crippen MR) is 128 cm³/mol. The first kappa shape index (κ1) is 23.8. The van der Waals surface area contributed by atoms with Crippen molar-refractivity contribution >= 4 is 21.6 Å². The van der Waals surface area contributed by atoms with E-state index in [1.165, 1.54) is 0 Å². The van der Waals surface area contributed by atoms with E-state index in [0.29, 0.717) is 35.6 Å². The van der Waals surface area contributed by atoms with Gasteiger partial charge in [0.2, 0.25) is 5.78 Å². The molecule has 0 aliphatic carbocycles. The molecule has 4 rings (SSSR count). The van der Waals surface area contributed by atoms with Gasteiger partial charge in [-0.3, -0.25) is 4.79 Å². The largest absolute Gasteiger partial charge is 0.489 e. The van der Waals surface area contributed by atoms with Crippen LogP contribution in [-0.4, -0.2) is 42.9 Å². The van der Waals surface area contributed by atoms with Gasteiger partial charge in [-0.05, 0) is 50.1 Å². The number of rotatable bonds is 8. The van der Waals surface area contributed by atoms with E-state index in [2.05, 4.69) is 0 Å². The van der Waals surface area contributed by atoms with Crippen LogP contribution in [0.2, 0.25) is 0 Å². The number of ketones is 1. The molecular weight excluding hydrogens is 454 g/mol. The van der Waals surface area contributed by atoms with Crippen molar-refractivity contribution in [3.63, 3.8) is 0 Å². The van der Waals surface area contributed by atoms with Crippen LogP contribution in [-0.2, 0) is 21.2 Å². The molecule has 1 aromatic heterocycles. The maximum absolute atomic E-state index is 12.8. The molecule has 2 aromatic carbocycles. The summed E-state index contributed by atoms with van der Waals surface area (Å²) in [5.41, 5.74) is 3.25. The molecule has 2 heterocycles. The van der Waals surface area contributed by atoms with Gasteiger partial charge in [-0.15, -0.1) is 0 Å². The Kier molecular flexibility index (Phi) is 6.88. The third-order valence-corrected chi connectivity index (χ3v) is 7.76. The van der Waals surface area contributed by atoms with E-state index in [-0.39, 0.29) is 23.3 Å². The van der Waals surface area contributed by atoms with Gasteiger partial charge in [-0.25, -0.2) is 13.2 Å². The first-order chi connectivity index (χ1) is 16.2. The molecule has 7 nitrogen and oxygen atoms in total. The fraction of sp³-hybridized carbons (Fsp3) is 0.308. The van der Waals surface area contributed by atoms with Gasteiger partial charge in [0.05, 0.1) is 17.1 Å². The smallest absolute Gasteiger partial charge is 0.338 e. The summed E-state index contributed by atoms with van der Waals surface area (Å²) >= 11 is 0. The van der Waals surface area contributed by atoms with Crippen molar-refractivity contribution in [1.29, 1.82) is 0 Å². The second-order valence-electron chi connectivity index (χ2n) is 8.51. The van der Waals surface area contributed by atoms with Crippen LogP contribution in [0.1, 0.15) is 50.1 Å². The number of ether oxygens (including phenoxy) is 2. The quantitative estimate of drug-likeness (QED) is 0.356. The lowest BCUT2D eigenvalue weighted by Gasteiger charge is -2.16. The number of Topliss-reactive ketones (excluding diaryl/α,β-unsaturated/α-hetero) is 1. The fourth-order valence-electron chi connectivity index (χ4n) is 4.35. The maximum atomic E-state index is 12.8. The predicted octanol–water partition coefficient (Wildman–Crippen LogP) is 4.08. The summed E-state index contributed by atoms with van der Waals surface area (Å²) in [6, 6.07) is 17.9. The summed E-state index contributed by atoms with van der Waals surface area (Å²) in [5, 5.41) is 0. The molecule has 0 radical (unpaired) electrons. The van der Waals surface area contributed by atoms with Crippen LogP contribution in [0.3, 0.4) is 0 Å². The zero-order valence-electron chi connectivity index (χ0n) is 19.2. The summed E-state index contributed by atoms with van der Waals surface area (Å²) < 4.78 is 36.7. The van der Waals surface area contributed by atoms with E-state index >= 15 is 0 Å². The monoisotopic (exact) mass is 481 g/mol. The Balaban J connectivity index is 1.38. The van der Waals surface area contributed by atoms with Crippen LogP contribution in [0.4, 0.5) is 0 Å². The molecule has 1 unspecified atom stereocenters. The lowest BCUT2D eigenvalue weighted by atomic mass is 10.1. The van der Waals surface area contributed by atoms with Crippen molar-refractivity contribution in [3.05, 3.63) is 88.7 Å². The topological polar surface area (TPSA) is 91.7 Å². The third kappa shape index (κ3) is 5.39. The zero-order chi connectivity index (χ0) is 24.3. The molecule has 34 heavy (non-hydrogen) atoms. The van der Waals surface area contributed by atoms with E-state index in [0.717, 1.165) is 11.3 Å². The molecule has 0 amide bonds. The Morgan fingerprint density at radius 3 is 2.50 bits per heavy atom. The molecule has 0 N–H and O–H groups in total. The average Bonchev–Trinajstić information content (AvgIpc) is 3.33. The second-order valence-corrected chi connectivity index (χ2v) is 10.7. The number of sulfone groups is 1. The molecule has 0 spiro atoms. The molecule has 0 bridgehead atoms. The van der Waals surface area contributed by atoms with Crippen LogP contribution < -0.4 is 4.74 Å². The van der Waals surface area contributed by atoms with E-state index in [1.54, 1.807) is 37.3 Å². The minimum atomic E-state index is -3.05. The number of hydrogen-bond donors (Lipinski definition) is 0. The minimum Gasteiger partial charge on any atom is -0.489 e. The van der Waals surface area contributed by atoms with Crippen molar-refractivity contribution in [1.82, 2.24) is 4.57 Å². The van der Waals surface area contributed by atoms with Gasteiger partial charge >= 0.3 is 5.97 Å². The van der Waals surface area contributed by atoms with E-state index < -0.39 is 22.4 Å². The van der Waals surface area contributed by atoms with Gasteiger partial charge in [0.15, 0.2) is 16.4 Å². The minimum absolute atomic E-state index is 0.0780. The van der Waals surface area contributed by atoms with Crippen molar-refractivity contribution < 1.29 is 27.5 Å². The van der Waals surface area contributed by atoms with Crippen LogP contribution in [0.15, 0.2) is 60.7 Å². The number of esters is 1. The van der Waals surface area contributed by atoms with Gasteiger partial charge in [-0.1, -0.05) is 36.4 Å². The first-order valence-corrected chi connectivity index (χ1v) is 12.9. The van der Waals surface area contributed by atoms with Crippen molar-refractivity contribution in [2.45, 2.75) is 32.9 Å². The highest BCUT2D eigenvalue weighted by Gasteiger charge is 2.31. The summed E-state index contributed by atoms with van der Waals surface area (Å²) in [6.07, 6.45) is 0.532. The van der Waals surface area contributed by atoms with Crippen LogP contribution in [0.5, 0.6) is 5.75 Å². The molecule has 1 fully saturated rings. The first-order valence-electron chi connectivity index (χ1n) is 11.1. The zero-order valence-corrected chi connectivity index (χ0v) is 20.0.